The Hall–Kier alpha value is -1.43. The first-order valence-corrected chi connectivity index (χ1v) is 8.08. The van der Waals surface area contributed by atoms with Crippen LogP contribution in [0.4, 0.5) is 0 Å². The molecule has 0 aromatic carbocycles. The monoisotopic (exact) mass is 309 g/mol. The van der Waals surface area contributed by atoms with Crippen LogP contribution in [0.15, 0.2) is 11.7 Å². The summed E-state index contributed by atoms with van der Waals surface area (Å²) in [6, 6.07) is -0.897. The summed E-state index contributed by atoms with van der Waals surface area (Å²) in [7, 11) is 0. The van der Waals surface area contributed by atoms with E-state index in [1.54, 1.807) is 16.6 Å². The Morgan fingerprint density at radius 2 is 2.05 bits per heavy atom. The van der Waals surface area contributed by atoms with Crippen LogP contribution in [0.3, 0.4) is 0 Å². The molecule has 2 heterocycles. The molecule has 1 N–H and O–H groups in total. The molecule has 6 heteroatoms. The standard InChI is InChI=1S/C15H23N3O2S/c1-9(2)11-14(20)18(7-10-6-16-8-21-10)12(13(19)17-11)15(3,4)5/h6,8-9,11-12H,7H2,1-5H3,(H,17,19). The number of thiazole rings is 1. The summed E-state index contributed by atoms with van der Waals surface area (Å²) in [4.78, 5) is 32.1. The summed E-state index contributed by atoms with van der Waals surface area (Å²) in [6.07, 6.45) is 1.76. The number of nitrogens with one attached hydrogen (secondary N) is 1. The van der Waals surface area contributed by atoms with Crippen molar-refractivity contribution >= 4 is 23.2 Å². The highest BCUT2D eigenvalue weighted by Crippen LogP contribution is 2.30. The number of nitrogens with zero attached hydrogens (tertiary/aromatic N) is 2. The van der Waals surface area contributed by atoms with Gasteiger partial charge < -0.3 is 10.2 Å². The van der Waals surface area contributed by atoms with Gasteiger partial charge in [0.25, 0.3) is 0 Å². The molecule has 2 unspecified atom stereocenters. The van der Waals surface area contributed by atoms with Gasteiger partial charge in [-0.2, -0.15) is 0 Å². The number of hydrogen-bond acceptors (Lipinski definition) is 4. The Labute approximate surface area is 129 Å². The van der Waals surface area contributed by atoms with Crippen LogP contribution in [0.2, 0.25) is 0 Å². The highest BCUT2D eigenvalue weighted by Gasteiger charge is 2.46. The second kappa shape index (κ2) is 5.75. The van der Waals surface area contributed by atoms with Crippen LogP contribution in [-0.4, -0.2) is 33.8 Å². The lowest BCUT2D eigenvalue weighted by atomic mass is 9.82. The molecule has 1 aliphatic heterocycles. The van der Waals surface area contributed by atoms with Gasteiger partial charge in [0, 0.05) is 11.1 Å². The van der Waals surface area contributed by atoms with Crippen LogP contribution in [0, 0.1) is 11.3 Å². The Bertz CT molecular complexity index is 520. The number of amides is 2. The van der Waals surface area contributed by atoms with Crippen molar-refractivity contribution in [3.63, 3.8) is 0 Å². The lowest BCUT2D eigenvalue weighted by Crippen LogP contribution is -2.67. The van der Waals surface area contributed by atoms with Crippen LogP contribution in [0.1, 0.15) is 39.5 Å². The van der Waals surface area contributed by atoms with Crippen molar-refractivity contribution < 1.29 is 9.59 Å². The molecular formula is C15H23N3O2S. The van der Waals surface area contributed by atoms with E-state index >= 15 is 0 Å². The topological polar surface area (TPSA) is 62.3 Å². The first-order chi connectivity index (χ1) is 9.71. The van der Waals surface area contributed by atoms with Gasteiger partial charge in [0.1, 0.15) is 12.1 Å². The highest BCUT2D eigenvalue weighted by atomic mass is 32.1. The molecule has 0 aliphatic carbocycles. The van der Waals surface area contributed by atoms with E-state index < -0.39 is 12.1 Å². The molecule has 1 aromatic heterocycles. The molecule has 21 heavy (non-hydrogen) atoms. The van der Waals surface area contributed by atoms with Crippen molar-refractivity contribution in [1.29, 1.82) is 0 Å². The van der Waals surface area contributed by atoms with E-state index in [4.69, 9.17) is 0 Å². The quantitative estimate of drug-likeness (QED) is 0.929. The van der Waals surface area contributed by atoms with Crippen molar-refractivity contribution in [2.45, 2.75) is 53.2 Å². The molecule has 1 saturated heterocycles. The van der Waals surface area contributed by atoms with Crippen LogP contribution in [0.5, 0.6) is 0 Å². The SMILES string of the molecule is CC(C)C1NC(=O)C(C(C)(C)C)N(Cc2cncs2)C1=O. The molecular weight excluding hydrogens is 286 g/mol. The molecule has 2 rings (SSSR count). The van der Waals surface area contributed by atoms with Crippen LogP contribution < -0.4 is 5.32 Å². The number of carbonyl (C=O) groups excluding carboxylic acids is 2. The minimum Gasteiger partial charge on any atom is -0.342 e. The predicted molar refractivity (Wildman–Crippen MR) is 82.7 cm³/mol. The van der Waals surface area contributed by atoms with Gasteiger partial charge in [-0.05, 0) is 11.3 Å². The molecule has 0 saturated carbocycles. The summed E-state index contributed by atoms with van der Waals surface area (Å²) in [5.41, 5.74) is 1.43. The largest absolute Gasteiger partial charge is 0.342 e. The van der Waals surface area contributed by atoms with E-state index in [0.717, 1.165) is 4.88 Å². The fourth-order valence-corrected chi connectivity index (χ4v) is 3.30. The minimum atomic E-state index is -0.456. The van der Waals surface area contributed by atoms with E-state index in [2.05, 4.69) is 10.3 Å². The first kappa shape index (κ1) is 15.9. The average molecular weight is 309 g/mol. The lowest BCUT2D eigenvalue weighted by molar-refractivity contribution is -0.155. The highest BCUT2D eigenvalue weighted by molar-refractivity contribution is 7.09. The van der Waals surface area contributed by atoms with Crippen LogP contribution in [-0.2, 0) is 16.1 Å². The summed E-state index contributed by atoms with van der Waals surface area (Å²) in [5.74, 6) is 0.00886. The Balaban J connectivity index is 2.35. The van der Waals surface area contributed by atoms with Gasteiger partial charge >= 0.3 is 0 Å². The van der Waals surface area contributed by atoms with E-state index in [9.17, 15) is 9.59 Å². The van der Waals surface area contributed by atoms with E-state index in [-0.39, 0.29) is 23.1 Å². The van der Waals surface area contributed by atoms with Crippen molar-refractivity contribution in [3.05, 3.63) is 16.6 Å². The van der Waals surface area contributed by atoms with Crippen molar-refractivity contribution in [3.8, 4) is 0 Å². The van der Waals surface area contributed by atoms with Gasteiger partial charge in [0.15, 0.2) is 0 Å². The maximum Gasteiger partial charge on any atom is 0.246 e. The minimum absolute atomic E-state index is 0.00192. The summed E-state index contributed by atoms with van der Waals surface area (Å²) in [5, 5.41) is 2.89. The molecule has 2 atom stereocenters. The maximum absolute atomic E-state index is 12.8. The summed E-state index contributed by atoms with van der Waals surface area (Å²) < 4.78 is 0. The number of rotatable bonds is 3. The molecule has 2 amide bonds. The van der Waals surface area contributed by atoms with Crippen molar-refractivity contribution in [1.82, 2.24) is 15.2 Å². The van der Waals surface area contributed by atoms with Crippen molar-refractivity contribution in [2.75, 3.05) is 0 Å². The lowest BCUT2D eigenvalue weighted by Gasteiger charge is -2.45. The number of piperazine rings is 1. The third-order valence-corrected chi connectivity index (χ3v) is 4.47. The fourth-order valence-electron chi connectivity index (χ4n) is 2.71. The molecule has 116 valence electrons. The van der Waals surface area contributed by atoms with E-state index in [0.29, 0.717) is 6.54 Å². The number of carbonyl (C=O) groups is 2. The smallest absolute Gasteiger partial charge is 0.246 e. The Morgan fingerprint density at radius 3 is 2.52 bits per heavy atom. The third-order valence-electron chi connectivity index (χ3n) is 3.70. The van der Waals surface area contributed by atoms with Gasteiger partial charge in [-0.1, -0.05) is 34.6 Å². The normalized spacial score (nSPS) is 23.6. The summed E-state index contributed by atoms with van der Waals surface area (Å²) in [6.45, 7) is 10.3. The maximum atomic E-state index is 12.8. The molecule has 0 bridgehead atoms. The third kappa shape index (κ3) is 3.26. The molecule has 0 spiro atoms. The average Bonchev–Trinajstić information content (AvgIpc) is 2.84. The van der Waals surface area contributed by atoms with Gasteiger partial charge in [0.05, 0.1) is 12.1 Å². The van der Waals surface area contributed by atoms with Crippen LogP contribution >= 0.6 is 11.3 Å². The molecule has 1 aromatic rings. The van der Waals surface area contributed by atoms with Gasteiger partial charge in [0.2, 0.25) is 11.8 Å². The zero-order valence-electron chi connectivity index (χ0n) is 13.2. The second-order valence-corrected chi connectivity index (χ2v) is 7.90. The fraction of sp³-hybridized carbons (Fsp3) is 0.667. The molecule has 0 radical (unpaired) electrons. The van der Waals surface area contributed by atoms with Crippen LogP contribution in [0.25, 0.3) is 0 Å². The van der Waals surface area contributed by atoms with E-state index in [1.807, 2.05) is 34.6 Å². The van der Waals surface area contributed by atoms with Gasteiger partial charge in [-0.25, -0.2) is 0 Å². The zero-order valence-corrected chi connectivity index (χ0v) is 14.0. The summed E-state index contributed by atoms with van der Waals surface area (Å²) >= 11 is 1.51. The van der Waals surface area contributed by atoms with Gasteiger partial charge in [-0.3, -0.25) is 14.6 Å². The number of aromatic nitrogens is 1. The van der Waals surface area contributed by atoms with E-state index in [1.165, 1.54) is 11.3 Å². The Morgan fingerprint density at radius 1 is 1.38 bits per heavy atom. The second-order valence-electron chi connectivity index (χ2n) is 6.93. The Kier molecular flexibility index (Phi) is 4.37. The van der Waals surface area contributed by atoms with Gasteiger partial charge in [-0.15, -0.1) is 11.3 Å². The molecule has 1 aliphatic rings. The predicted octanol–water partition coefficient (Wildman–Crippen LogP) is 2.04. The van der Waals surface area contributed by atoms with Crippen molar-refractivity contribution in [2.24, 2.45) is 11.3 Å². The molecule has 1 fully saturated rings. The zero-order chi connectivity index (χ0) is 15.8. The molecule has 5 nitrogen and oxygen atoms in total. The number of hydrogen-bond donors (Lipinski definition) is 1. The first-order valence-electron chi connectivity index (χ1n) is 7.20.